The summed E-state index contributed by atoms with van der Waals surface area (Å²) in [6.45, 7) is 2.52. The normalized spacial score (nSPS) is 21.2. The second kappa shape index (κ2) is 5.98. The molecule has 0 aliphatic heterocycles. The van der Waals surface area contributed by atoms with Crippen molar-refractivity contribution in [2.75, 3.05) is 20.1 Å². The molecule has 0 aromatic rings. The number of rotatable bonds is 5. The Kier molecular flexibility index (Phi) is 5.21. The molecule has 4 nitrogen and oxygen atoms in total. The van der Waals surface area contributed by atoms with E-state index in [9.17, 15) is 8.42 Å². The molecule has 5 heteroatoms. The molecule has 0 spiro atoms. The minimum atomic E-state index is -3.18. The maximum absolute atomic E-state index is 12.0. The molecule has 96 valence electrons. The van der Waals surface area contributed by atoms with Crippen LogP contribution in [0, 0.1) is 5.92 Å². The van der Waals surface area contributed by atoms with Crippen molar-refractivity contribution < 1.29 is 8.42 Å². The van der Waals surface area contributed by atoms with Gasteiger partial charge in [0.05, 0.1) is 5.25 Å². The summed E-state index contributed by atoms with van der Waals surface area (Å²) < 4.78 is 25.5. The highest BCUT2D eigenvalue weighted by Gasteiger charge is 2.27. The lowest BCUT2D eigenvalue weighted by atomic mass is 9.89. The van der Waals surface area contributed by atoms with E-state index in [1.807, 2.05) is 0 Å². The molecule has 1 aliphatic rings. The van der Waals surface area contributed by atoms with Gasteiger partial charge in [-0.25, -0.2) is 12.7 Å². The van der Waals surface area contributed by atoms with Crippen molar-refractivity contribution in [3.63, 3.8) is 0 Å². The van der Waals surface area contributed by atoms with Crippen LogP contribution in [0.3, 0.4) is 0 Å². The summed E-state index contributed by atoms with van der Waals surface area (Å²) in [5, 5.41) is -0.471. The molecule has 16 heavy (non-hydrogen) atoms. The molecule has 1 unspecified atom stereocenters. The van der Waals surface area contributed by atoms with Crippen LogP contribution >= 0.6 is 0 Å². The van der Waals surface area contributed by atoms with Crippen molar-refractivity contribution in [1.29, 1.82) is 0 Å². The molecule has 1 fully saturated rings. The van der Waals surface area contributed by atoms with Gasteiger partial charge in [0.2, 0.25) is 10.0 Å². The highest BCUT2D eigenvalue weighted by atomic mass is 32.2. The van der Waals surface area contributed by atoms with Crippen molar-refractivity contribution in [2.45, 2.75) is 44.3 Å². The van der Waals surface area contributed by atoms with E-state index in [1.54, 1.807) is 14.0 Å². The molecular formula is C11H24N2O2S. The summed E-state index contributed by atoms with van der Waals surface area (Å²) >= 11 is 0. The van der Waals surface area contributed by atoms with Gasteiger partial charge in [0, 0.05) is 20.1 Å². The third kappa shape index (κ3) is 3.43. The molecule has 0 amide bonds. The van der Waals surface area contributed by atoms with Gasteiger partial charge in [0.15, 0.2) is 0 Å². The summed E-state index contributed by atoms with van der Waals surface area (Å²) in [7, 11) is -1.50. The molecule has 0 aromatic carbocycles. The smallest absolute Gasteiger partial charge is 0.217 e. The molecular weight excluding hydrogens is 224 g/mol. The van der Waals surface area contributed by atoms with Crippen molar-refractivity contribution in [3.8, 4) is 0 Å². The number of nitrogens with two attached hydrogens (primary N) is 1. The molecule has 0 saturated heterocycles. The second-order valence-corrected chi connectivity index (χ2v) is 7.33. The summed E-state index contributed by atoms with van der Waals surface area (Å²) in [4.78, 5) is 0. The van der Waals surface area contributed by atoms with Crippen LogP contribution in [0.2, 0.25) is 0 Å². The fourth-order valence-corrected chi connectivity index (χ4v) is 3.54. The summed E-state index contributed by atoms with van der Waals surface area (Å²) in [6.07, 6.45) is 6.11. The monoisotopic (exact) mass is 248 g/mol. The van der Waals surface area contributed by atoms with Crippen LogP contribution < -0.4 is 5.73 Å². The van der Waals surface area contributed by atoms with Gasteiger partial charge < -0.3 is 5.73 Å². The Hall–Kier alpha value is -0.130. The molecule has 1 saturated carbocycles. The van der Waals surface area contributed by atoms with Gasteiger partial charge in [0.1, 0.15) is 0 Å². The zero-order chi connectivity index (χ0) is 12.2. The lowest BCUT2D eigenvalue weighted by Crippen LogP contribution is -2.41. The number of hydrogen-bond donors (Lipinski definition) is 1. The lowest BCUT2D eigenvalue weighted by Gasteiger charge is -2.28. The highest BCUT2D eigenvalue weighted by molar-refractivity contribution is 7.89. The summed E-state index contributed by atoms with van der Waals surface area (Å²) in [6, 6.07) is 0. The van der Waals surface area contributed by atoms with Crippen molar-refractivity contribution in [1.82, 2.24) is 4.31 Å². The van der Waals surface area contributed by atoms with Crippen LogP contribution in [0.15, 0.2) is 0 Å². The van der Waals surface area contributed by atoms with Crippen LogP contribution in [-0.2, 0) is 10.0 Å². The minimum absolute atomic E-state index is 0.192. The molecule has 2 N–H and O–H groups in total. The third-order valence-corrected chi connectivity index (χ3v) is 5.74. The first-order valence-electron chi connectivity index (χ1n) is 6.13. The van der Waals surface area contributed by atoms with Gasteiger partial charge >= 0.3 is 0 Å². The van der Waals surface area contributed by atoms with Crippen LogP contribution in [0.5, 0.6) is 0 Å². The van der Waals surface area contributed by atoms with E-state index in [0.29, 0.717) is 12.5 Å². The Balaban J connectivity index is 2.53. The van der Waals surface area contributed by atoms with E-state index in [2.05, 4.69) is 0 Å². The molecule has 0 radical (unpaired) electrons. The van der Waals surface area contributed by atoms with Crippen molar-refractivity contribution in [2.24, 2.45) is 11.7 Å². The number of sulfonamides is 1. The fraction of sp³-hybridized carbons (Fsp3) is 1.00. The maximum Gasteiger partial charge on any atom is 0.217 e. The number of hydrogen-bond acceptors (Lipinski definition) is 3. The van der Waals surface area contributed by atoms with E-state index in [4.69, 9.17) is 5.73 Å². The minimum Gasteiger partial charge on any atom is -0.329 e. The van der Waals surface area contributed by atoms with Gasteiger partial charge in [-0.3, -0.25) is 0 Å². The topological polar surface area (TPSA) is 63.4 Å². The Labute approximate surface area is 99.2 Å². The van der Waals surface area contributed by atoms with Gasteiger partial charge in [-0.15, -0.1) is 0 Å². The third-order valence-electron chi connectivity index (χ3n) is 3.51. The molecule has 0 bridgehead atoms. The average molecular weight is 248 g/mol. The standard InChI is InChI=1S/C11H24N2O2S/c1-10(8-12)16(14,15)13(2)9-11-6-4-3-5-7-11/h10-11H,3-9,12H2,1-2H3. The molecule has 0 aromatic heterocycles. The Morgan fingerprint density at radius 2 is 1.88 bits per heavy atom. The molecule has 1 rings (SSSR count). The van der Waals surface area contributed by atoms with Gasteiger partial charge in [-0.05, 0) is 25.7 Å². The molecule has 1 aliphatic carbocycles. The van der Waals surface area contributed by atoms with Crippen molar-refractivity contribution in [3.05, 3.63) is 0 Å². The largest absolute Gasteiger partial charge is 0.329 e. The first kappa shape index (κ1) is 13.9. The van der Waals surface area contributed by atoms with E-state index in [1.165, 1.54) is 23.6 Å². The van der Waals surface area contributed by atoms with Gasteiger partial charge in [0.25, 0.3) is 0 Å². The summed E-state index contributed by atoms with van der Waals surface area (Å²) in [5.74, 6) is 0.540. The van der Waals surface area contributed by atoms with Crippen LogP contribution in [-0.4, -0.2) is 38.1 Å². The summed E-state index contributed by atoms with van der Waals surface area (Å²) in [5.41, 5.74) is 5.42. The van der Waals surface area contributed by atoms with Crippen LogP contribution in [0.25, 0.3) is 0 Å². The van der Waals surface area contributed by atoms with Crippen LogP contribution in [0.1, 0.15) is 39.0 Å². The van der Waals surface area contributed by atoms with E-state index in [-0.39, 0.29) is 6.54 Å². The second-order valence-electron chi connectivity index (χ2n) is 4.88. The first-order chi connectivity index (χ1) is 7.48. The van der Waals surface area contributed by atoms with E-state index < -0.39 is 15.3 Å². The lowest BCUT2D eigenvalue weighted by molar-refractivity contribution is 0.299. The zero-order valence-corrected chi connectivity index (χ0v) is 11.2. The highest BCUT2D eigenvalue weighted by Crippen LogP contribution is 2.25. The SMILES string of the molecule is CC(CN)S(=O)(=O)N(C)CC1CCCCC1. The van der Waals surface area contributed by atoms with Gasteiger partial charge in [-0.2, -0.15) is 0 Å². The van der Waals surface area contributed by atoms with E-state index >= 15 is 0 Å². The average Bonchev–Trinajstić information content (AvgIpc) is 2.29. The first-order valence-corrected chi connectivity index (χ1v) is 7.64. The Morgan fingerprint density at radius 1 is 1.31 bits per heavy atom. The number of nitrogens with zero attached hydrogens (tertiary/aromatic N) is 1. The molecule has 0 heterocycles. The Morgan fingerprint density at radius 3 is 2.38 bits per heavy atom. The van der Waals surface area contributed by atoms with E-state index in [0.717, 1.165) is 12.8 Å². The zero-order valence-electron chi connectivity index (χ0n) is 10.4. The molecule has 1 atom stereocenters. The Bertz CT molecular complexity index is 297. The van der Waals surface area contributed by atoms with Crippen molar-refractivity contribution >= 4 is 10.0 Å². The predicted molar refractivity (Wildman–Crippen MR) is 66.6 cm³/mol. The van der Waals surface area contributed by atoms with Gasteiger partial charge in [-0.1, -0.05) is 19.3 Å². The quantitative estimate of drug-likeness (QED) is 0.794. The van der Waals surface area contributed by atoms with Crippen LogP contribution in [0.4, 0.5) is 0 Å². The fourth-order valence-electron chi connectivity index (χ4n) is 2.27. The maximum atomic E-state index is 12.0. The predicted octanol–water partition coefficient (Wildman–Crippen LogP) is 1.18.